The van der Waals surface area contributed by atoms with Crippen LogP contribution in [0.5, 0.6) is 11.5 Å². The molecule has 1 fully saturated rings. The highest BCUT2D eigenvalue weighted by molar-refractivity contribution is 6.04. The number of rotatable bonds is 3. The van der Waals surface area contributed by atoms with Crippen LogP contribution in [0.15, 0.2) is 18.2 Å². The van der Waals surface area contributed by atoms with Crippen LogP contribution in [-0.2, 0) is 4.79 Å². The third-order valence-electron chi connectivity index (χ3n) is 2.52. The Morgan fingerprint density at radius 2 is 1.94 bits per heavy atom. The summed E-state index contributed by atoms with van der Waals surface area (Å²) in [5, 5.41) is 4.68. The molecule has 0 radical (unpaired) electrons. The molecule has 6 nitrogen and oxygen atoms in total. The zero-order chi connectivity index (χ0) is 12.4. The normalized spacial score (nSPS) is 18.6. The van der Waals surface area contributed by atoms with Crippen LogP contribution < -0.4 is 20.1 Å². The minimum atomic E-state index is -0.743. The molecule has 0 aliphatic carbocycles. The van der Waals surface area contributed by atoms with E-state index < -0.39 is 18.0 Å². The number of imide groups is 1. The van der Waals surface area contributed by atoms with Gasteiger partial charge in [-0.25, -0.2) is 4.79 Å². The van der Waals surface area contributed by atoms with Crippen LogP contribution in [-0.4, -0.2) is 26.2 Å². The van der Waals surface area contributed by atoms with Gasteiger partial charge in [0.15, 0.2) is 0 Å². The average Bonchev–Trinajstić information content (AvgIpc) is 2.67. The summed E-state index contributed by atoms with van der Waals surface area (Å²) in [7, 11) is 3.03. The molecule has 1 aromatic rings. The molecular weight excluding hydrogens is 224 g/mol. The molecular formula is C11H12N2O4. The SMILES string of the molecule is COc1ccc(OC)c(C2NC(=O)NC2=O)c1. The van der Waals surface area contributed by atoms with E-state index in [1.165, 1.54) is 14.2 Å². The lowest BCUT2D eigenvalue weighted by atomic mass is 10.1. The van der Waals surface area contributed by atoms with Gasteiger partial charge in [0.2, 0.25) is 0 Å². The van der Waals surface area contributed by atoms with Crippen molar-refractivity contribution >= 4 is 11.9 Å². The summed E-state index contributed by atoms with van der Waals surface area (Å²) in [6.45, 7) is 0. The van der Waals surface area contributed by atoms with Gasteiger partial charge in [-0.05, 0) is 18.2 Å². The number of amides is 3. The Kier molecular flexibility index (Phi) is 2.86. The first-order chi connectivity index (χ1) is 8.15. The third-order valence-corrected chi connectivity index (χ3v) is 2.52. The number of ether oxygens (including phenoxy) is 2. The molecule has 1 atom stereocenters. The maximum atomic E-state index is 11.6. The fourth-order valence-electron chi connectivity index (χ4n) is 1.70. The maximum absolute atomic E-state index is 11.6. The first-order valence-corrected chi connectivity index (χ1v) is 4.99. The smallest absolute Gasteiger partial charge is 0.322 e. The van der Waals surface area contributed by atoms with Gasteiger partial charge in [-0.1, -0.05) is 0 Å². The fraction of sp³-hybridized carbons (Fsp3) is 0.273. The van der Waals surface area contributed by atoms with Crippen LogP contribution in [0.25, 0.3) is 0 Å². The van der Waals surface area contributed by atoms with E-state index in [0.717, 1.165) is 0 Å². The molecule has 0 aromatic heterocycles. The molecule has 1 aliphatic heterocycles. The Hall–Kier alpha value is -2.24. The van der Waals surface area contributed by atoms with E-state index in [0.29, 0.717) is 17.1 Å². The zero-order valence-corrected chi connectivity index (χ0v) is 9.44. The van der Waals surface area contributed by atoms with Gasteiger partial charge in [-0.15, -0.1) is 0 Å². The topological polar surface area (TPSA) is 76.7 Å². The van der Waals surface area contributed by atoms with E-state index >= 15 is 0 Å². The lowest BCUT2D eigenvalue weighted by molar-refractivity contribution is -0.120. The summed E-state index contributed by atoms with van der Waals surface area (Å²) in [6.07, 6.45) is 0. The second kappa shape index (κ2) is 4.32. The monoisotopic (exact) mass is 236 g/mol. The minimum Gasteiger partial charge on any atom is -0.497 e. The van der Waals surface area contributed by atoms with Gasteiger partial charge in [-0.3, -0.25) is 10.1 Å². The first-order valence-electron chi connectivity index (χ1n) is 4.99. The van der Waals surface area contributed by atoms with Gasteiger partial charge in [0.05, 0.1) is 14.2 Å². The van der Waals surface area contributed by atoms with E-state index in [9.17, 15) is 9.59 Å². The molecule has 17 heavy (non-hydrogen) atoms. The number of methoxy groups -OCH3 is 2. The van der Waals surface area contributed by atoms with Crippen LogP contribution in [0.2, 0.25) is 0 Å². The lowest BCUT2D eigenvalue weighted by Gasteiger charge is -2.13. The van der Waals surface area contributed by atoms with Crippen molar-refractivity contribution in [2.24, 2.45) is 0 Å². The Morgan fingerprint density at radius 3 is 2.47 bits per heavy atom. The standard InChI is InChI=1S/C11H12N2O4/c1-16-6-3-4-8(17-2)7(5-6)9-10(14)13-11(15)12-9/h3-5,9H,1-2H3,(H2,12,13,14,15). The Bertz CT molecular complexity index is 473. The Balaban J connectivity index is 2.42. The van der Waals surface area contributed by atoms with E-state index in [4.69, 9.17) is 9.47 Å². The largest absolute Gasteiger partial charge is 0.497 e. The number of urea groups is 1. The predicted molar refractivity (Wildman–Crippen MR) is 59.0 cm³/mol. The summed E-state index contributed by atoms with van der Waals surface area (Å²) in [5.41, 5.74) is 0.565. The van der Waals surface area contributed by atoms with Gasteiger partial charge < -0.3 is 14.8 Å². The highest BCUT2D eigenvalue weighted by Crippen LogP contribution is 2.30. The van der Waals surface area contributed by atoms with E-state index in [1.807, 2.05) is 0 Å². The van der Waals surface area contributed by atoms with Crippen LogP contribution >= 0.6 is 0 Å². The number of benzene rings is 1. The van der Waals surface area contributed by atoms with Crippen LogP contribution in [0, 0.1) is 0 Å². The van der Waals surface area contributed by atoms with Gasteiger partial charge >= 0.3 is 6.03 Å². The van der Waals surface area contributed by atoms with E-state index in [2.05, 4.69) is 10.6 Å². The molecule has 0 bridgehead atoms. The summed E-state index contributed by atoms with van der Waals surface area (Å²) in [4.78, 5) is 22.6. The van der Waals surface area contributed by atoms with Crippen molar-refractivity contribution in [2.45, 2.75) is 6.04 Å². The highest BCUT2D eigenvalue weighted by Gasteiger charge is 2.33. The molecule has 1 saturated heterocycles. The number of hydrogen-bond acceptors (Lipinski definition) is 4. The van der Waals surface area contributed by atoms with Crippen molar-refractivity contribution in [2.75, 3.05) is 14.2 Å². The Morgan fingerprint density at radius 1 is 1.18 bits per heavy atom. The molecule has 0 spiro atoms. The molecule has 90 valence electrons. The summed E-state index contributed by atoms with van der Waals surface area (Å²) in [5.74, 6) is 0.712. The van der Waals surface area contributed by atoms with Crippen molar-refractivity contribution in [3.8, 4) is 11.5 Å². The lowest BCUT2D eigenvalue weighted by Crippen LogP contribution is -2.22. The molecule has 2 N–H and O–H groups in total. The van der Waals surface area contributed by atoms with Crippen molar-refractivity contribution in [1.29, 1.82) is 0 Å². The van der Waals surface area contributed by atoms with Crippen molar-refractivity contribution < 1.29 is 19.1 Å². The maximum Gasteiger partial charge on any atom is 0.322 e. The van der Waals surface area contributed by atoms with Gasteiger partial charge in [-0.2, -0.15) is 0 Å². The van der Waals surface area contributed by atoms with Crippen LogP contribution in [0.4, 0.5) is 4.79 Å². The molecule has 1 unspecified atom stereocenters. The fourth-order valence-corrected chi connectivity index (χ4v) is 1.70. The Labute approximate surface area is 97.9 Å². The van der Waals surface area contributed by atoms with Gasteiger partial charge in [0.25, 0.3) is 5.91 Å². The molecule has 1 aromatic carbocycles. The molecule has 6 heteroatoms. The average molecular weight is 236 g/mol. The third kappa shape index (κ3) is 2.01. The van der Waals surface area contributed by atoms with Crippen LogP contribution in [0.3, 0.4) is 0 Å². The quantitative estimate of drug-likeness (QED) is 0.753. The van der Waals surface area contributed by atoms with E-state index in [1.54, 1.807) is 18.2 Å². The summed E-state index contributed by atoms with van der Waals surface area (Å²) in [6, 6.07) is 3.81. The van der Waals surface area contributed by atoms with Crippen molar-refractivity contribution in [3.63, 3.8) is 0 Å². The summed E-state index contributed by atoms with van der Waals surface area (Å²) < 4.78 is 10.2. The first kappa shape index (κ1) is 11.3. The van der Waals surface area contributed by atoms with Crippen molar-refractivity contribution in [1.82, 2.24) is 10.6 Å². The second-order valence-electron chi connectivity index (χ2n) is 3.50. The second-order valence-corrected chi connectivity index (χ2v) is 3.50. The molecule has 1 heterocycles. The van der Waals surface area contributed by atoms with Gasteiger partial charge in [0, 0.05) is 5.56 Å². The van der Waals surface area contributed by atoms with Crippen molar-refractivity contribution in [3.05, 3.63) is 23.8 Å². The number of carbonyl (C=O) groups is 2. The summed E-state index contributed by atoms with van der Waals surface area (Å²) >= 11 is 0. The number of nitrogens with one attached hydrogen (secondary N) is 2. The predicted octanol–water partition coefficient (Wildman–Crippen LogP) is 0.584. The zero-order valence-electron chi connectivity index (χ0n) is 9.44. The van der Waals surface area contributed by atoms with Crippen LogP contribution in [0.1, 0.15) is 11.6 Å². The van der Waals surface area contributed by atoms with Gasteiger partial charge in [0.1, 0.15) is 17.5 Å². The number of carbonyl (C=O) groups excluding carboxylic acids is 2. The molecule has 0 saturated carbocycles. The molecule has 2 rings (SSSR count). The minimum absolute atomic E-state index is 0.401. The van der Waals surface area contributed by atoms with E-state index in [-0.39, 0.29) is 0 Å². The molecule has 3 amide bonds. The number of hydrogen-bond donors (Lipinski definition) is 2. The molecule has 1 aliphatic rings. The highest BCUT2D eigenvalue weighted by atomic mass is 16.5.